The fraction of sp³-hybridized carbons (Fsp3) is 0.0556. The molecule has 0 aliphatic carbocycles. The summed E-state index contributed by atoms with van der Waals surface area (Å²) in [7, 11) is 0. The second-order valence-electron chi connectivity index (χ2n) is 5.15. The third kappa shape index (κ3) is 3.72. The van der Waals surface area contributed by atoms with Gasteiger partial charge in [0.15, 0.2) is 22.5 Å². The second kappa shape index (κ2) is 7.23. The summed E-state index contributed by atoms with van der Waals surface area (Å²) in [6, 6.07) is 9.74. The number of carbonyl (C=O) groups is 1. The number of hydrogen-bond acceptors (Lipinski definition) is 6. The first kappa shape index (κ1) is 16.8. The van der Waals surface area contributed by atoms with Gasteiger partial charge in [0, 0.05) is 12.7 Å². The third-order valence-electron chi connectivity index (χ3n) is 3.36. The molecule has 0 spiro atoms. The van der Waals surface area contributed by atoms with Crippen molar-refractivity contribution in [2.45, 2.75) is 0 Å². The monoisotopic (exact) mass is 353 g/mol. The summed E-state index contributed by atoms with van der Waals surface area (Å²) in [5.74, 6) is -0.143. The predicted octanol–water partition coefficient (Wildman–Crippen LogP) is 3.28. The van der Waals surface area contributed by atoms with Gasteiger partial charge >= 0.3 is 0 Å². The molecule has 1 aromatic heterocycles. The highest BCUT2D eigenvalue weighted by Crippen LogP contribution is 2.35. The Hall–Kier alpha value is -3.06. The van der Waals surface area contributed by atoms with Crippen molar-refractivity contribution in [3.05, 3.63) is 65.7 Å². The van der Waals surface area contributed by atoms with Gasteiger partial charge in [0.1, 0.15) is 0 Å². The molecular formula is C18H15N3O3S. The number of nitrogens with zero attached hydrogens (tertiary/aromatic N) is 3. The van der Waals surface area contributed by atoms with Crippen molar-refractivity contribution < 1.29 is 15.0 Å². The number of aliphatic imine (C=N–C) groups is 1. The summed E-state index contributed by atoms with van der Waals surface area (Å²) in [6.07, 6.45) is 4.90. The van der Waals surface area contributed by atoms with E-state index in [0.29, 0.717) is 28.0 Å². The van der Waals surface area contributed by atoms with Crippen LogP contribution in [-0.2, 0) is 4.79 Å². The standard InChI is InChI=1S/C18H15N3O3S/c1-2-9-21-17(24)15(11-12-6-7-13(22)14(23)10-12)25-18(21)20-16-5-3-4-8-19-16/h2-8,10-11,22-23H,1,9H2/b15-11-,20-18+. The highest BCUT2D eigenvalue weighted by molar-refractivity contribution is 8.18. The van der Waals surface area contributed by atoms with Crippen LogP contribution in [0.5, 0.6) is 11.5 Å². The normalized spacial score (nSPS) is 17.4. The maximum absolute atomic E-state index is 12.6. The average molecular weight is 353 g/mol. The van der Waals surface area contributed by atoms with E-state index in [4.69, 9.17) is 0 Å². The Bertz CT molecular complexity index is 878. The Morgan fingerprint density at radius 1 is 1.24 bits per heavy atom. The number of amidine groups is 1. The van der Waals surface area contributed by atoms with Gasteiger partial charge in [-0.15, -0.1) is 6.58 Å². The van der Waals surface area contributed by atoms with Crippen molar-refractivity contribution in [2.24, 2.45) is 4.99 Å². The fourth-order valence-electron chi connectivity index (χ4n) is 2.18. The fourth-order valence-corrected chi connectivity index (χ4v) is 3.18. The summed E-state index contributed by atoms with van der Waals surface area (Å²) >= 11 is 1.22. The van der Waals surface area contributed by atoms with E-state index in [1.165, 1.54) is 28.8 Å². The number of aromatic hydroxyl groups is 2. The molecule has 0 atom stereocenters. The Labute approximate surface area is 148 Å². The summed E-state index contributed by atoms with van der Waals surface area (Å²) in [5, 5.41) is 19.5. The number of thioether (sulfide) groups is 1. The van der Waals surface area contributed by atoms with Gasteiger partial charge in [-0.05, 0) is 47.7 Å². The minimum atomic E-state index is -0.241. The number of rotatable bonds is 4. The highest BCUT2D eigenvalue weighted by atomic mass is 32.2. The smallest absolute Gasteiger partial charge is 0.267 e. The molecule has 1 aliphatic rings. The topological polar surface area (TPSA) is 86.0 Å². The van der Waals surface area contributed by atoms with Crippen molar-refractivity contribution in [1.29, 1.82) is 0 Å². The highest BCUT2D eigenvalue weighted by Gasteiger charge is 2.32. The van der Waals surface area contributed by atoms with Crippen LogP contribution in [0.4, 0.5) is 5.82 Å². The molecule has 1 saturated heterocycles. The number of phenols is 2. The maximum atomic E-state index is 12.6. The Morgan fingerprint density at radius 2 is 2.08 bits per heavy atom. The first-order valence-electron chi connectivity index (χ1n) is 7.42. The Balaban J connectivity index is 1.95. The van der Waals surface area contributed by atoms with E-state index in [2.05, 4.69) is 16.6 Å². The van der Waals surface area contributed by atoms with Crippen LogP contribution < -0.4 is 0 Å². The van der Waals surface area contributed by atoms with Crippen LogP contribution in [0.25, 0.3) is 6.08 Å². The largest absolute Gasteiger partial charge is 0.504 e. The number of carbonyl (C=O) groups excluding carboxylic acids is 1. The third-order valence-corrected chi connectivity index (χ3v) is 4.36. The molecule has 1 aliphatic heterocycles. The van der Waals surface area contributed by atoms with Crippen molar-refractivity contribution in [3.8, 4) is 11.5 Å². The van der Waals surface area contributed by atoms with Gasteiger partial charge in [-0.2, -0.15) is 0 Å². The number of pyridine rings is 1. The van der Waals surface area contributed by atoms with Crippen LogP contribution in [0.3, 0.4) is 0 Å². The molecule has 0 bridgehead atoms. The Morgan fingerprint density at radius 3 is 2.76 bits per heavy atom. The molecule has 1 aromatic carbocycles. The van der Waals surface area contributed by atoms with Gasteiger partial charge in [0.05, 0.1) is 4.91 Å². The molecule has 1 fully saturated rings. The lowest BCUT2D eigenvalue weighted by Crippen LogP contribution is -2.29. The maximum Gasteiger partial charge on any atom is 0.267 e. The first-order chi connectivity index (χ1) is 12.1. The molecule has 2 heterocycles. The van der Waals surface area contributed by atoms with E-state index in [1.54, 1.807) is 36.5 Å². The number of benzene rings is 1. The summed E-state index contributed by atoms with van der Waals surface area (Å²) in [4.78, 5) is 23.2. The molecule has 3 rings (SSSR count). The van der Waals surface area contributed by atoms with Crippen molar-refractivity contribution in [1.82, 2.24) is 9.88 Å². The van der Waals surface area contributed by atoms with Crippen LogP contribution in [0.2, 0.25) is 0 Å². The van der Waals surface area contributed by atoms with E-state index in [-0.39, 0.29) is 17.4 Å². The van der Waals surface area contributed by atoms with Gasteiger partial charge in [-0.3, -0.25) is 9.69 Å². The molecular weight excluding hydrogens is 338 g/mol. The quantitative estimate of drug-likeness (QED) is 0.500. The minimum absolute atomic E-state index is 0.202. The van der Waals surface area contributed by atoms with E-state index in [1.807, 2.05) is 6.07 Å². The van der Waals surface area contributed by atoms with Crippen LogP contribution in [0, 0.1) is 0 Å². The minimum Gasteiger partial charge on any atom is -0.504 e. The molecule has 6 nitrogen and oxygen atoms in total. The number of phenolic OH excluding ortho intramolecular Hbond substituents is 2. The molecule has 2 aromatic rings. The van der Waals surface area contributed by atoms with Crippen molar-refractivity contribution in [2.75, 3.05) is 6.54 Å². The van der Waals surface area contributed by atoms with Gasteiger partial charge < -0.3 is 10.2 Å². The molecule has 25 heavy (non-hydrogen) atoms. The average Bonchev–Trinajstić information content (AvgIpc) is 2.88. The van der Waals surface area contributed by atoms with Crippen LogP contribution in [0.15, 0.2) is 65.1 Å². The van der Waals surface area contributed by atoms with Crippen LogP contribution in [-0.4, -0.2) is 37.7 Å². The molecule has 0 unspecified atom stereocenters. The summed E-state index contributed by atoms with van der Waals surface area (Å²) in [5.41, 5.74) is 0.601. The SMILES string of the molecule is C=CCN1C(=O)/C(=C/c2ccc(O)c(O)c2)S/C1=N/c1ccccn1. The molecule has 126 valence electrons. The summed E-state index contributed by atoms with van der Waals surface area (Å²) < 4.78 is 0. The van der Waals surface area contributed by atoms with Gasteiger partial charge in [0.25, 0.3) is 5.91 Å². The van der Waals surface area contributed by atoms with E-state index >= 15 is 0 Å². The molecule has 2 N–H and O–H groups in total. The second-order valence-corrected chi connectivity index (χ2v) is 6.15. The first-order valence-corrected chi connectivity index (χ1v) is 8.24. The van der Waals surface area contributed by atoms with Gasteiger partial charge in [-0.25, -0.2) is 9.98 Å². The number of hydrogen-bond donors (Lipinski definition) is 2. The van der Waals surface area contributed by atoms with Crippen LogP contribution >= 0.6 is 11.8 Å². The molecule has 7 heteroatoms. The molecule has 1 amide bonds. The lowest BCUT2D eigenvalue weighted by Gasteiger charge is -2.12. The lowest BCUT2D eigenvalue weighted by atomic mass is 10.2. The number of amides is 1. The zero-order valence-corrected chi connectivity index (χ0v) is 14.0. The van der Waals surface area contributed by atoms with Crippen molar-refractivity contribution >= 4 is 34.7 Å². The predicted molar refractivity (Wildman–Crippen MR) is 98.6 cm³/mol. The molecule has 0 saturated carbocycles. The van der Waals surface area contributed by atoms with E-state index < -0.39 is 0 Å². The lowest BCUT2D eigenvalue weighted by molar-refractivity contribution is -0.121. The van der Waals surface area contributed by atoms with Crippen LogP contribution in [0.1, 0.15) is 5.56 Å². The summed E-state index contributed by atoms with van der Waals surface area (Å²) in [6.45, 7) is 4.01. The zero-order chi connectivity index (χ0) is 17.8. The number of aromatic nitrogens is 1. The molecule has 0 radical (unpaired) electrons. The van der Waals surface area contributed by atoms with Gasteiger partial charge in [-0.1, -0.05) is 18.2 Å². The Kier molecular flexibility index (Phi) is 4.85. The van der Waals surface area contributed by atoms with E-state index in [0.717, 1.165) is 0 Å². The zero-order valence-electron chi connectivity index (χ0n) is 13.2. The van der Waals surface area contributed by atoms with Crippen molar-refractivity contribution in [3.63, 3.8) is 0 Å². The van der Waals surface area contributed by atoms with E-state index in [9.17, 15) is 15.0 Å². The van der Waals surface area contributed by atoms with Gasteiger partial charge in [0.2, 0.25) is 0 Å².